The van der Waals surface area contributed by atoms with E-state index in [0.29, 0.717) is 11.1 Å². The fourth-order valence-corrected chi connectivity index (χ4v) is 2.55. The summed E-state index contributed by atoms with van der Waals surface area (Å²) in [6.45, 7) is 4.00. The second-order valence-corrected chi connectivity index (χ2v) is 4.62. The molecule has 2 aliphatic rings. The second-order valence-electron chi connectivity index (χ2n) is 4.24. The Kier molecular flexibility index (Phi) is 4.32. The zero-order valence-electron chi connectivity index (χ0n) is 11.9. The molecule has 0 unspecified atom stereocenters. The number of carbonyl (C=O) groups is 4. The lowest BCUT2D eigenvalue weighted by Gasteiger charge is -2.28. The van der Waals surface area contributed by atoms with Crippen molar-refractivity contribution in [2.75, 3.05) is 0 Å². The lowest BCUT2D eigenvalue weighted by Crippen LogP contribution is -2.65. The molecule has 2 N–H and O–H groups in total. The highest BCUT2D eigenvalue weighted by Crippen LogP contribution is 2.26. The van der Waals surface area contributed by atoms with E-state index in [-0.39, 0.29) is 4.99 Å². The molecule has 3 rings (SSSR count). The molecular weight excluding hydrogens is 306 g/mol. The third-order valence-electron chi connectivity index (χ3n) is 3.05. The van der Waals surface area contributed by atoms with Gasteiger partial charge in [-0.3, -0.25) is 29.9 Å². The van der Waals surface area contributed by atoms with Crippen molar-refractivity contribution in [1.82, 2.24) is 15.5 Å². The monoisotopic (exact) mass is 319 g/mol. The Morgan fingerprint density at radius 2 is 1.45 bits per heavy atom. The quantitative estimate of drug-likeness (QED) is 0.583. The number of nitrogens with one attached hydrogen (secondary N) is 2. The highest BCUT2D eigenvalue weighted by Gasteiger charge is 2.46. The van der Waals surface area contributed by atoms with Gasteiger partial charge in [-0.05, 0) is 6.07 Å². The lowest BCUT2D eigenvalue weighted by molar-refractivity contribution is -0.135. The van der Waals surface area contributed by atoms with Gasteiger partial charge in [0, 0.05) is 5.56 Å². The number of rotatable bonds is 1. The molecule has 7 nitrogen and oxygen atoms in total. The molecule has 1 saturated heterocycles. The molecule has 1 aromatic carbocycles. The summed E-state index contributed by atoms with van der Waals surface area (Å²) in [4.78, 5) is 47.9. The number of carbonyl (C=O) groups excluding carboxylic acids is 4. The zero-order valence-corrected chi connectivity index (χ0v) is 12.7. The SMILES string of the molecule is CC.O=C1NC(=O)C(N2C(=O)c3ccccc3C2=S)C(=O)N1. The van der Waals surface area contributed by atoms with E-state index in [9.17, 15) is 19.2 Å². The van der Waals surface area contributed by atoms with Gasteiger partial charge in [-0.2, -0.15) is 0 Å². The van der Waals surface area contributed by atoms with Crippen molar-refractivity contribution in [2.45, 2.75) is 19.9 Å². The van der Waals surface area contributed by atoms with E-state index < -0.39 is 29.8 Å². The van der Waals surface area contributed by atoms with Crippen molar-refractivity contribution >= 4 is 41.0 Å². The number of thiocarbonyl (C=S) groups is 1. The fraction of sp³-hybridized carbons (Fsp3) is 0.214. The molecule has 0 radical (unpaired) electrons. The number of imide groups is 2. The molecule has 5 amide bonds. The van der Waals surface area contributed by atoms with Crippen LogP contribution >= 0.6 is 12.2 Å². The molecule has 0 bridgehead atoms. The third-order valence-corrected chi connectivity index (χ3v) is 3.47. The minimum Gasteiger partial charge on any atom is -0.277 e. The Bertz CT molecular complexity index is 646. The Hall–Kier alpha value is -2.61. The Morgan fingerprint density at radius 1 is 0.955 bits per heavy atom. The molecule has 114 valence electrons. The van der Waals surface area contributed by atoms with Crippen LogP contribution in [0.4, 0.5) is 4.79 Å². The van der Waals surface area contributed by atoms with Gasteiger partial charge in [-0.25, -0.2) is 4.79 Å². The van der Waals surface area contributed by atoms with Crippen molar-refractivity contribution in [1.29, 1.82) is 0 Å². The van der Waals surface area contributed by atoms with Crippen LogP contribution in [0.1, 0.15) is 29.8 Å². The van der Waals surface area contributed by atoms with Crippen LogP contribution in [-0.2, 0) is 9.59 Å². The first kappa shape index (κ1) is 15.8. The molecule has 0 aromatic heterocycles. The number of benzene rings is 1. The Balaban J connectivity index is 0.000000847. The van der Waals surface area contributed by atoms with Crippen LogP contribution in [0.25, 0.3) is 0 Å². The normalized spacial score (nSPS) is 17.5. The van der Waals surface area contributed by atoms with Crippen LogP contribution in [0.2, 0.25) is 0 Å². The van der Waals surface area contributed by atoms with Crippen LogP contribution in [0.3, 0.4) is 0 Å². The summed E-state index contributed by atoms with van der Waals surface area (Å²) in [5.41, 5.74) is 0.819. The summed E-state index contributed by atoms with van der Waals surface area (Å²) in [6, 6.07) is 4.18. The van der Waals surface area contributed by atoms with Gasteiger partial charge in [0.15, 0.2) is 6.04 Å². The standard InChI is InChI=1S/C12H7N3O4S.C2H6/c16-8-7(9(17)14-12(19)13-8)15-10(18)5-3-1-2-4-6(5)11(15)20;1-2/h1-4,7H,(H2,13,14,16,17,19);1-2H3. The number of amides is 5. The lowest BCUT2D eigenvalue weighted by atomic mass is 10.1. The van der Waals surface area contributed by atoms with Gasteiger partial charge < -0.3 is 0 Å². The minimum atomic E-state index is -1.47. The van der Waals surface area contributed by atoms with E-state index >= 15 is 0 Å². The van der Waals surface area contributed by atoms with Crippen molar-refractivity contribution in [3.05, 3.63) is 35.4 Å². The third kappa shape index (κ3) is 2.37. The Morgan fingerprint density at radius 3 is 1.95 bits per heavy atom. The van der Waals surface area contributed by atoms with E-state index in [1.807, 2.05) is 24.5 Å². The fourth-order valence-electron chi connectivity index (χ4n) is 2.19. The molecule has 0 atom stereocenters. The molecular formula is C14H13N3O4S. The van der Waals surface area contributed by atoms with E-state index in [0.717, 1.165) is 4.90 Å². The maximum absolute atomic E-state index is 12.3. The van der Waals surface area contributed by atoms with Crippen LogP contribution in [0.15, 0.2) is 24.3 Å². The molecule has 0 aliphatic carbocycles. The molecule has 22 heavy (non-hydrogen) atoms. The van der Waals surface area contributed by atoms with Gasteiger partial charge in [-0.15, -0.1) is 0 Å². The van der Waals surface area contributed by atoms with E-state index in [4.69, 9.17) is 12.2 Å². The molecule has 0 saturated carbocycles. The van der Waals surface area contributed by atoms with Crippen molar-refractivity contribution < 1.29 is 19.2 Å². The summed E-state index contributed by atoms with van der Waals surface area (Å²) < 4.78 is 0. The highest BCUT2D eigenvalue weighted by atomic mass is 32.1. The van der Waals surface area contributed by atoms with Gasteiger partial charge in [0.1, 0.15) is 4.99 Å². The Labute approximate surface area is 131 Å². The summed E-state index contributed by atoms with van der Waals surface area (Å²) in [6.07, 6.45) is 0. The first-order valence-electron chi connectivity index (χ1n) is 6.63. The maximum Gasteiger partial charge on any atom is 0.328 e. The molecule has 1 aromatic rings. The van der Waals surface area contributed by atoms with E-state index in [2.05, 4.69) is 0 Å². The number of urea groups is 1. The molecule has 1 fully saturated rings. The summed E-state index contributed by atoms with van der Waals surface area (Å²) in [7, 11) is 0. The largest absolute Gasteiger partial charge is 0.328 e. The van der Waals surface area contributed by atoms with Crippen molar-refractivity contribution in [3.8, 4) is 0 Å². The number of nitrogens with zero attached hydrogens (tertiary/aromatic N) is 1. The second kappa shape index (κ2) is 6.02. The molecule has 2 heterocycles. The average molecular weight is 319 g/mol. The number of barbiturate groups is 1. The molecule has 0 spiro atoms. The van der Waals surface area contributed by atoms with Crippen LogP contribution in [-0.4, -0.2) is 39.7 Å². The van der Waals surface area contributed by atoms with Gasteiger partial charge in [-0.1, -0.05) is 44.3 Å². The predicted molar refractivity (Wildman–Crippen MR) is 81.1 cm³/mol. The van der Waals surface area contributed by atoms with Gasteiger partial charge >= 0.3 is 6.03 Å². The van der Waals surface area contributed by atoms with E-state index in [1.165, 1.54) is 0 Å². The van der Waals surface area contributed by atoms with E-state index in [1.54, 1.807) is 24.3 Å². The maximum atomic E-state index is 12.3. The zero-order chi connectivity index (χ0) is 16.4. The van der Waals surface area contributed by atoms with Crippen LogP contribution in [0.5, 0.6) is 0 Å². The first-order valence-corrected chi connectivity index (χ1v) is 7.04. The number of hydrogen-bond donors (Lipinski definition) is 2. The molecule has 2 aliphatic heterocycles. The molecule has 8 heteroatoms. The number of hydrogen-bond acceptors (Lipinski definition) is 5. The van der Waals surface area contributed by atoms with Crippen LogP contribution in [0, 0.1) is 0 Å². The van der Waals surface area contributed by atoms with Gasteiger partial charge in [0.25, 0.3) is 17.7 Å². The minimum absolute atomic E-state index is 0.0928. The summed E-state index contributed by atoms with van der Waals surface area (Å²) >= 11 is 5.15. The predicted octanol–water partition coefficient (Wildman–Crippen LogP) is 0.579. The van der Waals surface area contributed by atoms with Crippen molar-refractivity contribution in [3.63, 3.8) is 0 Å². The summed E-state index contributed by atoms with van der Waals surface area (Å²) in [5, 5.41) is 3.88. The topological polar surface area (TPSA) is 95.6 Å². The van der Waals surface area contributed by atoms with Crippen LogP contribution < -0.4 is 10.6 Å². The summed E-state index contributed by atoms with van der Waals surface area (Å²) in [5.74, 6) is -2.28. The smallest absolute Gasteiger partial charge is 0.277 e. The van der Waals surface area contributed by atoms with Gasteiger partial charge in [0.05, 0.1) is 5.56 Å². The average Bonchev–Trinajstić information content (AvgIpc) is 2.74. The number of fused-ring (bicyclic) bond motifs is 1. The highest BCUT2D eigenvalue weighted by molar-refractivity contribution is 7.80. The van der Waals surface area contributed by atoms with Crippen molar-refractivity contribution in [2.24, 2.45) is 0 Å². The van der Waals surface area contributed by atoms with Gasteiger partial charge in [0.2, 0.25) is 0 Å². The first-order chi connectivity index (χ1) is 10.5.